The second-order valence-electron chi connectivity index (χ2n) is 6.60. The molecule has 0 aliphatic heterocycles. The van der Waals surface area contributed by atoms with Crippen molar-refractivity contribution < 1.29 is 10.2 Å². The zero-order valence-electron chi connectivity index (χ0n) is 11.7. The molecule has 0 saturated heterocycles. The van der Waals surface area contributed by atoms with Crippen LogP contribution in [0.5, 0.6) is 0 Å². The fraction of sp³-hybridized carbons (Fsp3) is 1.00. The number of hydrogen-bond acceptors (Lipinski definition) is 3. The van der Waals surface area contributed by atoms with E-state index in [2.05, 4.69) is 12.2 Å². The van der Waals surface area contributed by atoms with Crippen LogP contribution in [0, 0.1) is 5.92 Å². The van der Waals surface area contributed by atoms with Crippen LogP contribution in [-0.2, 0) is 0 Å². The van der Waals surface area contributed by atoms with E-state index in [1.54, 1.807) is 0 Å². The summed E-state index contributed by atoms with van der Waals surface area (Å²) in [7, 11) is 0. The van der Waals surface area contributed by atoms with Crippen molar-refractivity contribution in [2.45, 2.75) is 82.4 Å². The maximum atomic E-state index is 10.2. The SMILES string of the molecule is CC1CCCC(CO)(NC2CCCCCC2O)C1. The predicted molar refractivity (Wildman–Crippen MR) is 73.5 cm³/mol. The van der Waals surface area contributed by atoms with Crippen molar-refractivity contribution >= 4 is 0 Å². The van der Waals surface area contributed by atoms with Crippen LogP contribution in [0.4, 0.5) is 0 Å². The van der Waals surface area contributed by atoms with Gasteiger partial charge in [-0.25, -0.2) is 0 Å². The highest BCUT2D eigenvalue weighted by Gasteiger charge is 2.37. The molecule has 4 unspecified atom stereocenters. The molecule has 18 heavy (non-hydrogen) atoms. The molecular weight excluding hydrogens is 226 g/mol. The van der Waals surface area contributed by atoms with Gasteiger partial charge in [0.15, 0.2) is 0 Å². The Morgan fingerprint density at radius 3 is 2.61 bits per heavy atom. The number of hydrogen-bond donors (Lipinski definition) is 3. The minimum atomic E-state index is -0.229. The molecule has 0 spiro atoms. The molecule has 3 N–H and O–H groups in total. The van der Waals surface area contributed by atoms with Gasteiger partial charge >= 0.3 is 0 Å². The Labute approximate surface area is 111 Å². The van der Waals surface area contributed by atoms with E-state index in [1.807, 2.05) is 0 Å². The molecule has 0 bridgehead atoms. The lowest BCUT2D eigenvalue weighted by Gasteiger charge is -2.43. The quantitative estimate of drug-likeness (QED) is 0.678. The van der Waals surface area contributed by atoms with E-state index in [-0.39, 0.29) is 24.3 Å². The van der Waals surface area contributed by atoms with Gasteiger partial charge in [-0.15, -0.1) is 0 Å². The standard InChI is InChI=1S/C15H29NO2/c1-12-6-5-9-15(10-12,11-17)16-13-7-3-2-4-8-14(13)18/h12-14,16-18H,2-11H2,1H3. The van der Waals surface area contributed by atoms with Gasteiger partial charge in [0.1, 0.15) is 0 Å². The van der Waals surface area contributed by atoms with E-state index in [1.165, 1.54) is 25.7 Å². The lowest BCUT2D eigenvalue weighted by Crippen LogP contribution is -2.58. The van der Waals surface area contributed by atoms with Crippen molar-refractivity contribution in [1.82, 2.24) is 5.32 Å². The molecule has 2 fully saturated rings. The fourth-order valence-electron chi connectivity index (χ4n) is 3.83. The van der Waals surface area contributed by atoms with Crippen molar-refractivity contribution in [1.29, 1.82) is 0 Å². The Morgan fingerprint density at radius 1 is 1.11 bits per heavy atom. The summed E-state index contributed by atoms with van der Waals surface area (Å²) >= 11 is 0. The first-order valence-corrected chi connectivity index (χ1v) is 7.72. The average molecular weight is 255 g/mol. The second-order valence-corrected chi connectivity index (χ2v) is 6.60. The third-order valence-corrected chi connectivity index (χ3v) is 4.87. The largest absolute Gasteiger partial charge is 0.394 e. The molecule has 0 aromatic carbocycles. The highest BCUT2D eigenvalue weighted by Crippen LogP contribution is 2.33. The van der Waals surface area contributed by atoms with Crippen LogP contribution >= 0.6 is 0 Å². The molecule has 2 saturated carbocycles. The summed E-state index contributed by atoms with van der Waals surface area (Å²) < 4.78 is 0. The zero-order chi connectivity index (χ0) is 13.0. The van der Waals surface area contributed by atoms with E-state index in [4.69, 9.17) is 0 Å². The first-order chi connectivity index (χ1) is 8.65. The molecule has 2 rings (SSSR count). The van der Waals surface area contributed by atoms with Crippen molar-refractivity contribution in [2.24, 2.45) is 5.92 Å². The number of aliphatic hydroxyl groups is 2. The lowest BCUT2D eigenvalue weighted by molar-refractivity contribution is 0.0476. The van der Waals surface area contributed by atoms with Gasteiger partial charge in [0, 0.05) is 11.6 Å². The first kappa shape index (κ1) is 14.3. The maximum Gasteiger partial charge on any atom is 0.0693 e. The molecule has 106 valence electrons. The number of nitrogens with one attached hydrogen (secondary N) is 1. The molecule has 2 aliphatic carbocycles. The minimum Gasteiger partial charge on any atom is -0.394 e. The van der Waals surface area contributed by atoms with Gasteiger partial charge in [0.2, 0.25) is 0 Å². The normalized spacial score (nSPS) is 42.5. The maximum absolute atomic E-state index is 10.2. The predicted octanol–water partition coefficient (Wildman–Crippen LogP) is 2.21. The average Bonchev–Trinajstić information content (AvgIpc) is 2.55. The van der Waals surface area contributed by atoms with E-state index in [9.17, 15) is 10.2 Å². The fourth-order valence-corrected chi connectivity index (χ4v) is 3.83. The van der Waals surface area contributed by atoms with E-state index < -0.39 is 0 Å². The molecule has 0 aromatic heterocycles. The topological polar surface area (TPSA) is 52.5 Å². The molecule has 4 atom stereocenters. The van der Waals surface area contributed by atoms with Crippen LogP contribution in [0.1, 0.15) is 64.7 Å². The van der Waals surface area contributed by atoms with Gasteiger partial charge in [-0.05, 0) is 31.6 Å². The van der Waals surface area contributed by atoms with E-state index >= 15 is 0 Å². The molecule has 2 aliphatic rings. The third-order valence-electron chi connectivity index (χ3n) is 4.87. The molecular formula is C15H29NO2. The van der Waals surface area contributed by atoms with Crippen molar-refractivity contribution in [2.75, 3.05) is 6.61 Å². The van der Waals surface area contributed by atoms with E-state index in [0.717, 1.165) is 32.1 Å². The lowest BCUT2D eigenvalue weighted by atomic mass is 9.76. The monoisotopic (exact) mass is 255 g/mol. The van der Waals surface area contributed by atoms with Crippen LogP contribution in [-0.4, -0.2) is 34.5 Å². The summed E-state index contributed by atoms with van der Waals surface area (Å²) in [5.41, 5.74) is -0.131. The summed E-state index contributed by atoms with van der Waals surface area (Å²) in [5, 5.41) is 23.7. The molecule has 0 radical (unpaired) electrons. The molecule has 0 aromatic rings. The van der Waals surface area contributed by atoms with Gasteiger partial charge in [-0.3, -0.25) is 0 Å². The highest BCUT2D eigenvalue weighted by atomic mass is 16.3. The van der Waals surface area contributed by atoms with E-state index in [0.29, 0.717) is 5.92 Å². The highest BCUT2D eigenvalue weighted by molar-refractivity contribution is 4.96. The molecule has 0 heterocycles. The summed E-state index contributed by atoms with van der Waals surface area (Å²) in [5.74, 6) is 0.682. The second kappa shape index (κ2) is 6.36. The van der Waals surface area contributed by atoms with Gasteiger partial charge in [0.05, 0.1) is 12.7 Å². The zero-order valence-corrected chi connectivity index (χ0v) is 11.7. The molecule has 3 heteroatoms. The van der Waals surface area contributed by atoms with Crippen LogP contribution in [0.2, 0.25) is 0 Å². The molecule has 0 amide bonds. The first-order valence-electron chi connectivity index (χ1n) is 7.72. The summed E-state index contributed by atoms with van der Waals surface area (Å²) in [6, 6.07) is 0.185. The Balaban J connectivity index is 1.99. The Kier molecular flexibility index (Phi) is 5.05. The Bertz CT molecular complexity index is 259. The van der Waals surface area contributed by atoms with Gasteiger partial charge in [-0.2, -0.15) is 0 Å². The Hall–Kier alpha value is -0.120. The summed E-state index contributed by atoms with van der Waals surface area (Å²) in [6.45, 7) is 2.48. The van der Waals surface area contributed by atoms with Crippen LogP contribution in [0.15, 0.2) is 0 Å². The summed E-state index contributed by atoms with van der Waals surface area (Å²) in [4.78, 5) is 0. The Morgan fingerprint density at radius 2 is 1.89 bits per heavy atom. The van der Waals surface area contributed by atoms with Gasteiger partial charge in [-0.1, -0.05) is 39.0 Å². The van der Waals surface area contributed by atoms with Gasteiger partial charge in [0.25, 0.3) is 0 Å². The van der Waals surface area contributed by atoms with Crippen LogP contribution < -0.4 is 5.32 Å². The summed E-state index contributed by atoms with van der Waals surface area (Å²) in [6.07, 6.45) is 9.88. The van der Waals surface area contributed by atoms with Crippen molar-refractivity contribution in [3.05, 3.63) is 0 Å². The smallest absolute Gasteiger partial charge is 0.0693 e. The van der Waals surface area contributed by atoms with Gasteiger partial charge < -0.3 is 15.5 Å². The third kappa shape index (κ3) is 3.46. The number of rotatable bonds is 3. The molecule has 3 nitrogen and oxygen atoms in total. The van der Waals surface area contributed by atoms with Crippen LogP contribution in [0.3, 0.4) is 0 Å². The minimum absolute atomic E-state index is 0.131. The number of aliphatic hydroxyl groups excluding tert-OH is 2. The van der Waals surface area contributed by atoms with Crippen molar-refractivity contribution in [3.8, 4) is 0 Å². The van der Waals surface area contributed by atoms with Crippen molar-refractivity contribution in [3.63, 3.8) is 0 Å². The van der Waals surface area contributed by atoms with Crippen LogP contribution in [0.25, 0.3) is 0 Å².